The first-order valence-corrected chi connectivity index (χ1v) is 8.10. The third-order valence-electron chi connectivity index (χ3n) is 3.58. The smallest absolute Gasteiger partial charge is 0.315 e. The Bertz CT molecular complexity index is 525. The molecule has 1 aliphatic carbocycles. The standard InChI is InChI=1S/C15H19Cl2N3O2/c16-11-7-4-8-12(17)14(11)20-13(21)9-18-15(22)19-10-5-2-1-3-6-10/h4,7-8,10H,1-3,5-6,9H2,(H,20,21)(H2,18,19,22). The number of rotatable bonds is 4. The fourth-order valence-corrected chi connectivity index (χ4v) is 2.94. The van der Waals surface area contributed by atoms with Gasteiger partial charge >= 0.3 is 6.03 Å². The summed E-state index contributed by atoms with van der Waals surface area (Å²) in [6, 6.07) is 4.83. The molecule has 0 saturated heterocycles. The number of benzene rings is 1. The molecule has 7 heteroatoms. The zero-order valence-electron chi connectivity index (χ0n) is 12.1. The Morgan fingerprint density at radius 2 is 1.73 bits per heavy atom. The number of carbonyl (C=O) groups is 2. The number of anilines is 1. The van der Waals surface area contributed by atoms with Crippen LogP contribution in [0.15, 0.2) is 18.2 Å². The molecule has 0 unspecified atom stereocenters. The van der Waals surface area contributed by atoms with E-state index < -0.39 is 0 Å². The van der Waals surface area contributed by atoms with Crippen LogP contribution in [-0.4, -0.2) is 24.5 Å². The Kier molecular flexibility index (Phi) is 6.34. The van der Waals surface area contributed by atoms with Crippen molar-refractivity contribution >= 4 is 40.8 Å². The van der Waals surface area contributed by atoms with Crippen molar-refractivity contribution in [1.82, 2.24) is 10.6 Å². The van der Waals surface area contributed by atoms with E-state index in [0.717, 1.165) is 25.7 Å². The van der Waals surface area contributed by atoms with E-state index in [1.54, 1.807) is 18.2 Å². The molecule has 0 bridgehead atoms. The highest BCUT2D eigenvalue weighted by Gasteiger charge is 2.16. The molecule has 22 heavy (non-hydrogen) atoms. The summed E-state index contributed by atoms with van der Waals surface area (Å²) in [7, 11) is 0. The molecule has 2 rings (SSSR count). The van der Waals surface area contributed by atoms with Crippen molar-refractivity contribution in [3.05, 3.63) is 28.2 Å². The van der Waals surface area contributed by atoms with Gasteiger partial charge < -0.3 is 16.0 Å². The van der Waals surface area contributed by atoms with Crippen LogP contribution in [0.2, 0.25) is 10.0 Å². The van der Waals surface area contributed by atoms with Crippen molar-refractivity contribution < 1.29 is 9.59 Å². The van der Waals surface area contributed by atoms with Gasteiger partial charge in [-0.25, -0.2) is 4.79 Å². The molecule has 1 aromatic carbocycles. The van der Waals surface area contributed by atoms with E-state index in [9.17, 15) is 9.59 Å². The Hall–Kier alpha value is -1.46. The molecule has 1 saturated carbocycles. The molecule has 0 aliphatic heterocycles. The molecular formula is C15H19Cl2N3O2. The lowest BCUT2D eigenvalue weighted by Gasteiger charge is -2.22. The Morgan fingerprint density at radius 1 is 1.09 bits per heavy atom. The summed E-state index contributed by atoms with van der Waals surface area (Å²) in [5.41, 5.74) is 0.352. The number of hydrogen-bond acceptors (Lipinski definition) is 2. The summed E-state index contributed by atoms with van der Waals surface area (Å²) >= 11 is 11.9. The summed E-state index contributed by atoms with van der Waals surface area (Å²) < 4.78 is 0. The lowest BCUT2D eigenvalue weighted by Crippen LogP contribution is -2.45. The molecule has 0 atom stereocenters. The first-order chi connectivity index (χ1) is 10.6. The van der Waals surface area contributed by atoms with E-state index in [1.165, 1.54) is 6.42 Å². The summed E-state index contributed by atoms with van der Waals surface area (Å²) in [6.07, 6.45) is 5.48. The molecule has 0 spiro atoms. The van der Waals surface area contributed by atoms with Crippen LogP contribution in [-0.2, 0) is 4.79 Å². The molecule has 0 heterocycles. The number of hydrogen-bond donors (Lipinski definition) is 3. The first kappa shape index (κ1) is 16.9. The van der Waals surface area contributed by atoms with Gasteiger partial charge in [-0.15, -0.1) is 0 Å². The minimum atomic E-state index is -0.381. The van der Waals surface area contributed by atoms with Crippen molar-refractivity contribution in [3.63, 3.8) is 0 Å². The average molecular weight is 344 g/mol. The van der Waals surface area contributed by atoms with Crippen molar-refractivity contribution in [2.45, 2.75) is 38.1 Å². The van der Waals surface area contributed by atoms with Gasteiger partial charge in [0.05, 0.1) is 22.3 Å². The van der Waals surface area contributed by atoms with Crippen LogP contribution < -0.4 is 16.0 Å². The quantitative estimate of drug-likeness (QED) is 0.782. The van der Waals surface area contributed by atoms with Gasteiger partial charge in [-0.3, -0.25) is 4.79 Å². The predicted molar refractivity (Wildman–Crippen MR) is 88.5 cm³/mol. The molecule has 1 aromatic rings. The largest absolute Gasteiger partial charge is 0.335 e. The summed E-state index contributed by atoms with van der Waals surface area (Å²) in [6.45, 7) is -0.139. The van der Waals surface area contributed by atoms with Crippen LogP contribution in [0.1, 0.15) is 32.1 Å². The molecule has 120 valence electrons. The molecule has 0 aromatic heterocycles. The third kappa shape index (κ3) is 5.07. The van der Waals surface area contributed by atoms with Crippen LogP contribution in [0.3, 0.4) is 0 Å². The highest BCUT2D eigenvalue weighted by atomic mass is 35.5. The molecule has 1 fully saturated rings. The number of amides is 3. The maximum Gasteiger partial charge on any atom is 0.315 e. The van der Waals surface area contributed by atoms with Crippen molar-refractivity contribution in [2.75, 3.05) is 11.9 Å². The van der Waals surface area contributed by atoms with Gasteiger partial charge in [0.2, 0.25) is 5.91 Å². The molecular weight excluding hydrogens is 325 g/mol. The van der Waals surface area contributed by atoms with Crippen molar-refractivity contribution in [2.24, 2.45) is 0 Å². The normalized spacial score (nSPS) is 15.2. The zero-order valence-corrected chi connectivity index (χ0v) is 13.6. The molecule has 0 radical (unpaired) electrons. The molecule has 3 N–H and O–H groups in total. The Labute approximate surface area is 139 Å². The fraction of sp³-hybridized carbons (Fsp3) is 0.467. The van der Waals surface area contributed by atoms with Gasteiger partial charge in [0.1, 0.15) is 0 Å². The molecule has 5 nitrogen and oxygen atoms in total. The summed E-state index contributed by atoms with van der Waals surface area (Å²) in [5, 5.41) is 8.72. The second kappa shape index (κ2) is 8.25. The second-order valence-corrected chi connectivity index (χ2v) is 6.12. The number of halogens is 2. The van der Waals surface area contributed by atoms with E-state index in [0.29, 0.717) is 15.7 Å². The van der Waals surface area contributed by atoms with E-state index in [4.69, 9.17) is 23.2 Å². The Morgan fingerprint density at radius 3 is 2.36 bits per heavy atom. The van der Waals surface area contributed by atoms with Gasteiger partial charge in [-0.1, -0.05) is 48.5 Å². The maximum absolute atomic E-state index is 11.8. The zero-order chi connectivity index (χ0) is 15.9. The summed E-state index contributed by atoms with van der Waals surface area (Å²) in [5.74, 6) is -0.381. The van der Waals surface area contributed by atoms with E-state index in [1.807, 2.05) is 0 Å². The summed E-state index contributed by atoms with van der Waals surface area (Å²) in [4.78, 5) is 23.6. The van der Waals surface area contributed by atoms with Gasteiger partial charge in [0.25, 0.3) is 0 Å². The predicted octanol–water partition coefficient (Wildman–Crippen LogP) is 3.56. The number of para-hydroxylation sites is 1. The van der Waals surface area contributed by atoms with Crippen LogP contribution in [0.25, 0.3) is 0 Å². The number of urea groups is 1. The Balaban J connectivity index is 1.76. The van der Waals surface area contributed by atoms with E-state index in [-0.39, 0.29) is 24.5 Å². The number of nitrogens with one attached hydrogen (secondary N) is 3. The average Bonchev–Trinajstić information content (AvgIpc) is 2.50. The van der Waals surface area contributed by atoms with Gasteiger partial charge in [0, 0.05) is 6.04 Å². The lowest BCUT2D eigenvalue weighted by molar-refractivity contribution is -0.115. The van der Waals surface area contributed by atoms with Crippen LogP contribution in [0, 0.1) is 0 Å². The van der Waals surface area contributed by atoms with Gasteiger partial charge in [-0.2, -0.15) is 0 Å². The van der Waals surface area contributed by atoms with Gasteiger partial charge in [-0.05, 0) is 25.0 Å². The minimum absolute atomic E-state index is 0.139. The SMILES string of the molecule is O=C(CNC(=O)NC1CCCCC1)Nc1c(Cl)cccc1Cl. The van der Waals surface area contributed by atoms with Crippen molar-refractivity contribution in [3.8, 4) is 0 Å². The highest BCUT2D eigenvalue weighted by molar-refractivity contribution is 6.39. The fourth-order valence-electron chi connectivity index (χ4n) is 2.44. The minimum Gasteiger partial charge on any atom is -0.335 e. The van der Waals surface area contributed by atoms with Crippen LogP contribution in [0.4, 0.5) is 10.5 Å². The van der Waals surface area contributed by atoms with Crippen molar-refractivity contribution in [1.29, 1.82) is 0 Å². The van der Waals surface area contributed by atoms with E-state index in [2.05, 4.69) is 16.0 Å². The van der Waals surface area contributed by atoms with Crippen LogP contribution >= 0.6 is 23.2 Å². The molecule has 3 amide bonds. The van der Waals surface area contributed by atoms with E-state index >= 15 is 0 Å². The monoisotopic (exact) mass is 343 g/mol. The third-order valence-corrected chi connectivity index (χ3v) is 4.21. The first-order valence-electron chi connectivity index (χ1n) is 7.34. The molecule has 1 aliphatic rings. The highest BCUT2D eigenvalue weighted by Crippen LogP contribution is 2.29. The maximum atomic E-state index is 11.8. The second-order valence-electron chi connectivity index (χ2n) is 5.31. The van der Waals surface area contributed by atoms with Gasteiger partial charge in [0.15, 0.2) is 0 Å². The topological polar surface area (TPSA) is 70.2 Å². The number of carbonyl (C=O) groups excluding carboxylic acids is 2. The van der Waals surface area contributed by atoms with Crippen LogP contribution in [0.5, 0.6) is 0 Å². The lowest BCUT2D eigenvalue weighted by atomic mass is 9.96.